The number of carbonyl (C=O) groups excluding carboxylic acids is 3. The van der Waals surface area contributed by atoms with Gasteiger partial charge in [0.05, 0.1) is 0 Å². The minimum Gasteiger partial charge on any atom is -0.350 e. The summed E-state index contributed by atoms with van der Waals surface area (Å²) in [6.45, 7) is 4.31. The molecule has 0 aliphatic rings. The normalized spacial score (nSPS) is 11.6. The van der Waals surface area contributed by atoms with Crippen LogP contribution in [0.3, 0.4) is 0 Å². The fraction of sp³-hybridized carbons (Fsp3) is 0.391. The molecule has 0 radical (unpaired) electrons. The van der Waals surface area contributed by atoms with E-state index in [0.717, 1.165) is 17.5 Å². The second-order valence-electron chi connectivity index (χ2n) is 7.76. The molecular weight excluding hydrogens is 396 g/mol. The number of amides is 4. The van der Waals surface area contributed by atoms with Crippen molar-refractivity contribution in [2.45, 2.75) is 52.1 Å². The lowest BCUT2D eigenvalue weighted by Crippen LogP contribution is -2.52. The average molecular weight is 427 g/mol. The van der Waals surface area contributed by atoms with E-state index in [1.54, 1.807) is 18.5 Å². The third kappa shape index (κ3) is 8.55. The molecule has 3 N–H and O–H groups in total. The van der Waals surface area contributed by atoms with Gasteiger partial charge in [0.25, 0.3) is 5.91 Å². The fourth-order valence-electron chi connectivity index (χ4n) is 2.97. The van der Waals surface area contributed by atoms with Crippen molar-refractivity contribution in [2.75, 3.05) is 0 Å². The first kappa shape index (κ1) is 24.0. The van der Waals surface area contributed by atoms with E-state index in [1.165, 1.54) is 0 Å². The molecule has 1 heterocycles. The van der Waals surface area contributed by atoms with Crippen LogP contribution in [-0.2, 0) is 22.6 Å². The molecule has 0 bridgehead atoms. The summed E-state index contributed by atoms with van der Waals surface area (Å²) in [5, 5.41) is 15.3. The first-order chi connectivity index (χ1) is 14.9. The van der Waals surface area contributed by atoms with Gasteiger partial charge in [-0.3, -0.25) is 19.8 Å². The summed E-state index contributed by atoms with van der Waals surface area (Å²) in [4.78, 5) is 41.3. The van der Waals surface area contributed by atoms with Crippen LogP contribution in [0.4, 0.5) is 4.79 Å². The molecule has 4 amide bonds. The van der Waals surface area contributed by atoms with Gasteiger partial charge >= 0.3 is 6.03 Å². The Hall–Kier alpha value is -3.26. The number of hydrogen-bond acceptors (Lipinski definition) is 5. The lowest BCUT2D eigenvalue weighted by atomic mass is 10.1. The molecule has 0 unspecified atom stereocenters. The molecule has 0 aliphatic heterocycles. The fourth-order valence-corrected chi connectivity index (χ4v) is 2.97. The van der Waals surface area contributed by atoms with Gasteiger partial charge < -0.3 is 10.6 Å². The van der Waals surface area contributed by atoms with Gasteiger partial charge in [-0.1, -0.05) is 56.7 Å². The Labute approximate surface area is 182 Å². The molecule has 0 spiro atoms. The SMILES string of the molecule is CC(C)CCCC(=O)N(O)C(=O)N[C@@H](Cc1ccccc1)C(=O)NCc1cccnc1. The minimum absolute atomic E-state index is 0.0542. The molecule has 1 aromatic heterocycles. The van der Waals surface area contributed by atoms with Crippen molar-refractivity contribution in [1.82, 2.24) is 20.7 Å². The van der Waals surface area contributed by atoms with Crippen LogP contribution in [0.5, 0.6) is 0 Å². The van der Waals surface area contributed by atoms with Crippen LogP contribution in [0.2, 0.25) is 0 Å². The van der Waals surface area contributed by atoms with E-state index in [2.05, 4.69) is 15.6 Å². The maximum atomic E-state index is 12.8. The number of rotatable bonds is 10. The lowest BCUT2D eigenvalue weighted by Gasteiger charge is -2.21. The lowest BCUT2D eigenvalue weighted by molar-refractivity contribution is -0.153. The molecule has 166 valence electrons. The molecular formula is C23H30N4O4. The Balaban J connectivity index is 2.00. The van der Waals surface area contributed by atoms with Gasteiger partial charge in [0.15, 0.2) is 0 Å². The summed E-state index contributed by atoms with van der Waals surface area (Å²) < 4.78 is 0. The van der Waals surface area contributed by atoms with Crippen molar-refractivity contribution in [2.24, 2.45) is 5.92 Å². The number of aromatic nitrogens is 1. The van der Waals surface area contributed by atoms with E-state index < -0.39 is 23.9 Å². The standard InChI is InChI=1S/C23H30N4O4/c1-17(2)8-6-12-21(28)27(31)23(30)26-20(14-18-9-4-3-5-10-18)22(29)25-16-19-11-7-13-24-15-19/h3-5,7,9-11,13,15,17,20,31H,6,8,12,14,16H2,1-2H3,(H,25,29)(H,26,30)/t20-/m0/s1. The molecule has 0 saturated carbocycles. The van der Waals surface area contributed by atoms with Crippen LogP contribution in [0.1, 0.15) is 44.2 Å². The number of nitrogens with zero attached hydrogens (tertiary/aromatic N) is 2. The summed E-state index contributed by atoms with van der Waals surface area (Å²) >= 11 is 0. The quantitative estimate of drug-likeness (QED) is 0.399. The molecule has 2 rings (SSSR count). The smallest absolute Gasteiger partial charge is 0.349 e. The van der Waals surface area contributed by atoms with E-state index in [4.69, 9.17) is 0 Å². The molecule has 0 fully saturated rings. The second kappa shape index (κ2) is 12.4. The Morgan fingerprint density at radius 2 is 1.77 bits per heavy atom. The van der Waals surface area contributed by atoms with Crippen LogP contribution in [0.25, 0.3) is 0 Å². The highest BCUT2D eigenvalue weighted by atomic mass is 16.5. The number of imide groups is 1. The zero-order valence-corrected chi connectivity index (χ0v) is 18.0. The number of benzene rings is 1. The van der Waals surface area contributed by atoms with Crippen LogP contribution < -0.4 is 10.6 Å². The van der Waals surface area contributed by atoms with Gasteiger partial charge in [-0.15, -0.1) is 5.06 Å². The van der Waals surface area contributed by atoms with Crippen molar-refractivity contribution in [3.63, 3.8) is 0 Å². The number of hydrogen-bond donors (Lipinski definition) is 3. The Morgan fingerprint density at radius 3 is 2.42 bits per heavy atom. The van der Waals surface area contributed by atoms with E-state index in [-0.39, 0.29) is 24.4 Å². The van der Waals surface area contributed by atoms with Crippen LogP contribution >= 0.6 is 0 Å². The third-order valence-corrected chi connectivity index (χ3v) is 4.69. The monoisotopic (exact) mass is 426 g/mol. The van der Waals surface area contributed by atoms with Crippen molar-refractivity contribution in [1.29, 1.82) is 0 Å². The van der Waals surface area contributed by atoms with E-state index in [9.17, 15) is 19.6 Å². The highest BCUT2D eigenvalue weighted by Gasteiger charge is 2.26. The predicted octanol–water partition coefficient (Wildman–Crippen LogP) is 3.06. The van der Waals surface area contributed by atoms with Gasteiger partial charge in [-0.2, -0.15) is 0 Å². The first-order valence-corrected chi connectivity index (χ1v) is 10.4. The first-order valence-electron chi connectivity index (χ1n) is 10.4. The number of pyridine rings is 1. The Morgan fingerprint density at radius 1 is 1.06 bits per heavy atom. The van der Waals surface area contributed by atoms with Crippen molar-refractivity contribution < 1.29 is 19.6 Å². The second-order valence-corrected chi connectivity index (χ2v) is 7.76. The molecule has 0 saturated heterocycles. The minimum atomic E-state index is -1.02. The van der Waals surface area contributed by atoms with Crippen LogP contribution in [0, 0.1) is 5.92 Å². The summed E-state index contributed by atoms with van der Waals surface area (Å²) in [5.41, 5.74) is 1.64. The molecule has 2 aromatic rings. The maximum Gasteiger partial charge on any atom is 0.349 e. The van der Waals surface area contributed by atoms with Gasteiger partial charge in [0.2, 0.25) is 5.91 Å². The third-order valence-electron chi connectivity index (χ3n) is 4.69. The Kier molecular flexibility index (Phi) is 9.64. The molecule has 31 heavy (non-hydrogen) atoms. The topological polar surface area (TPSA) is 112 Å². The number of urea groups is 1. The van der Waals surface area contributed by atoms with Crippen molar-refractivity contribution in [3.8, 4) is 0 Å². The highest BCUT2D eigenvalue weighted by Crippen LogP contribution is 2.09. The summed E-state index contributed by atoms with van der Waals surface area (Å²) in [5.74, 6) is -0.707. The van der Waals surface area contributed by atoms with Gasteiger partial charge in [0, 0.05) is 31.8 Å². The predicted molar refractivity (Wildman–Crippen MR) is 116 cm³/mol. The molecule has 8 heteroatoms. The van der Waals surface area contributed by atoms with E-state index in [0.29, 0.717) is 12.3 Å². The van der Waals surface area contributed by atoms with Gasteiger partial charge in [-0.25, -0.2) is 4.79 Å². The van der Waals surface area contributed by atoms with Crippen LogP contribution in [-0.4, -0.2) is 39.1 Å². The largest absolute Gasteiger partial charge is 0.350 e. The molecule has 1 aromatic carbocycles. The van der Waals surface area contributed by atoms with Crippen molar-refractivity contribution in [3.05, 3.63) is 66.0 Å². The molecule has 8 nitrogen and oxygen atoms in total. The average Bonchev–Trinajstić information content (AvgIpc) is 2.77. The number of hydroxylamine groups is 2. The summed E-state index contributed by atoms with van der Waals surface area (Å²) in [6, 6.07) is 10.8. The zero-order valence-electron chi connectivity index (χ0n) is 18.0. The Bertz CT molecular complexity index is 843. The summed E-state index contributed by atoms with van der Waals surface area (Å²) in [6.07, 6.45) is 4.92. The molecule has 1 atom stereocenters. The zero-order chi connectivity index (χ0) is 22.6. The number of carbonyl (C=O) groups is 3. The van der Waals surface area contributed by atoms with Gasteiger partial charge in [0.1, 0.15) is 6.04 Å². The van der Waals surface area contributed by atoms with E-state index in [1.807, 2.05) is 50.2 Å². The summed E-state index contributed by atoms with van der Waals surface area (Å²) in [7, 11) is 0. The van der Waals surface area contributed by atoms with E-state index >= 15 is 0 Å². The van der Waals surface area contributed by atoms with Gasteiger partial charge in [-0.05, 0) is 29.5 Å². The molecule has 0 aliphatic carbocycles. The maximum absolute atomic E-state index is 12.8. The number of nitrogens with one attached hydrogen (secondary N) is 2. The van der Waals surface area contributed by atoms with Crippen molar-refractivity contribution >= 4 is 17.8 Å². The highest BCUT2D eigenvalue weighted by molar-refractivity contribution is 5.95. The van der Waals surface area contributed by atoms with Crippen LogP contribution in [0.15, 0.2) is 54.9 Å².